The van der Waals surface area contributed by atoms with Crippen molar-refractivity contribution in [1.82, 2.24) is 10.2 Å². The quantitative estimate of drug-likeness (QED) is 0.789. The van der Waals surface area contributed by atoms with Crippen molar-refractivity contribution in [3.63, 3.8) is 0 Å². The maximum absolute atomic E-state index is 3.80. The van der Waals surface area contributed by atoms with Gasteiger partial charge < -0.3 is 10.2 Å². The Morgan fingerprint density at radius 3 is 2.81 bits per heavy atom. The first-order valence-corrected chi connectivity index (χ1v) is 7.23. The number of nitrogens with one attached hydrogen (secondary N) is 1. The predicted molar refractivity (Wildman–Crippen MR) is 69.6 cm³/mol. The van der Waals surface area contributed by atoms with Crippen molar-refractivity contribution in [2.45, 2.75) is 52.0 Å². The molecule has 3 unspecified atom stereocenters. The second-order valence-corrected chi connectivity index (χ2v) is 5.92. The van der Waals surface area contributed by atoms with Crippen molar-refractivity contribution in [2.75, 3.05) is 26.2 Å². The van der Waals surface area contributed by atoms with Gasteiger partial charge in [-0.2, -0.15) is 0 Å². The molecule has 2 heteroatoms. The van der Waals surface area contributed by atoms with E-state index in [1.807, 2.05) is 0 Å². The summed E-state index contributed by atoms with van der Waals surface area (Å²) in [5.41, 5.74) is 0. The molecule has 0 radical (unpaired) electrons. The fraction of sp³-hybridized carbons (Fsp3) is 1.00. The largest absolute Gasteiger partial charge is 0.314 e. The zero-order chi connectivity index (χ0) is 11.4. The van der Waals surface area contributed by atoms with Crippen LogP contribution in [-0.2, 0) is 0 Å². The van der Waals surface area contributed by atoms with Gasteiger partial charge in [0.1, 0.15) is 0 Å². The van der Waals surface area contributed by atoms with Gasteiger partial charge in [0, 0.05) is 12.6 Å². The van der Waals surface area contributed by atoms with E-state index >= 15 is 0 Å². The zero-order valence-electron chi connectivity index (χ0n) is 11.0. The topological polar surface area (TPSA) is 15.3 Å². The fourth-order valence-electron chi connectivity index (χ4n) is 3.33. The first kappa shape index (κ1) is 12.4. The highest BCUT2D eigenvalue weighted by Crippen LogP contribution is 2.25. The Labute approximate surface area is 101 Å². The highest BCUT2D eigenvalue weighted by Gasteiger charge is 2.23. The molecule has 0 bridgehead atoms. The van der Waals surface area contributed by atoms with Crippen molar-refractivity contribution < 1.29 is 0 Å². The van der Waals surface area contributed by atoms with Gasteiger partial charge in [-0.25, -0.2) is 0 Å². The van der Waals surface area contributed by atoms with E-state index < -0.39 is 0 Å². The minimum Gasteiger partial charge on any atom is -0.314 e. The van der Waals surface area contributed by atoms with Crippen LogP contribution in [0, 0.1) is 11.8 Å². The third-order valence-electron chi connectivity index (χ3n) is 4.44. The van der Waals surface area contributed by atoms with Crippen molar-refractivity contribution in [3.8, 4) is 0 Å². The molecular formula is C14H28N2. The molecule has 16 heavy (non-hydrogen) atoms. The van der Waals surface area contributed by atoms with E-state index in [2.05, 4.69) is 24.1 Å². The summed E-state index contributed by atoms with van der Waals surface area (Å²) in [5.74, 6) is 1.86. The van der Waals surface area contributed by atoms with E-state index in [1.54, 1.807) is 0 Å². The first-order chi connectivity index (χ1) is 7.78. The van der Waals surface area contributed by atoms with E-state index in [4.69, 9.17) is 0 Å². The van der Waals surface area contributed by atoms with Crippen molar-refractivity contribution in [2.24, 2.45) is 11.8 Å². The molecule has 0 aromatic carbocycles. The lowest BCUT2D eigenvalue weighted by molar-refractivity contribution is 0.177. The number of rotatable bonds is 4. The van der Waals surface area contributed by atoms with E-state index in [0.29, 0.717) is 0 Å². The molecule has 1 aliphatic heterocycles. The normalized spacial score (nSPS) is 36.8. The molecule has 1 saturated carbocycles. The predicted octanol–water partition coefficient (Wildman–Crippen LogP) is 2.50. The highest BCUT2D eigenvalue weighted by atomic mass is 15.1. The fourth-order valence-corrected chi connectivity index (χ4v) is 3.33. The minimum atomic E-state index is 0.826. The molecule has 3 atom stereocenters. The first-order valence-electron chi connectivity index (χ1n) is 7.23. The maximum Gasteiger partial charge on any atom is 0.00698 e. The summed E-state index contributed by atoms with van der Waals surface area (Å²) in [6.45, 7) is 9.82. The van der Waals surface area contributed by atoms with Gasteiger partial charge in [0.05, 0.1) is 0 Å². The van der Waals surface area contributed by atoms with Crippen LogP contribution in [0.25, 0.3) is 0 Å². The number of piperidine rings is 1. The highest BCUT2D eigenvalue weighted by molar-refractivity contribution is 4.81. The van der Waals surface area contributed by atoms with Gasteiger partial charge in [-0.3, -0.25) is 0 Å². The second kappa shape index (κ2) is 6.02. The summed E-state index contributed by atoms with van der Waals surface area (Å²) in [5, 5.41) is 3.80. The lowest BCUT2D eigenvalue weighted by atomic mass is 9.97. The second-order valence-electron chi connectivity index (χ2n) is 5.92. The van der Waals surface area contributed by atoms with Crippen LogP contribution in [-0.4, -0.2) is 37.1 Å². The van der Waals surface area contributed by atoms with Gasteiger partial charge in [-0.1, -0.05) is 13.8 Å². The molecule has 1 aliphatic carbocycles. The van der Waals surface area contributed by atoms with Crippen LogP contribution in [0.1, 0.15) is 46.0 Å². The molecule has 1 saturated heterocycles. The molecule has 0 aromatic rings. The average molecular weight is 224 g/mol. The van der Waals surface area contributed by atoms with Gasteiger partial charge in [-0.05, 0) is 63.6 Å². The van der Waals surface area contributed by atoms with Gasteiger partial charge in [0.15, 0.2) is 0 Å². The Morgan fingerprint density at radius 2 is 2.12 bits per heavy atom. The number of likely N-dealkylation sites (tertiary alicyclic amines) is 1. The summed E-state index contributed by atoms with van der Waals surface area (Å²) in [6, 6.07) is 0.826. The molecule has 2 rings (SSSR count). The average Bonchev–Trinajstić information content (AvgIpc) is 2.73. The van der Waals surface area contributed by atoms with Crippen LogP contribution < -0.4 is 5.32 Å². The third-order valence-corrected chi connectivity index (χ3v) is 4.44. The van der Waals surface area contributed by atoms with Crippen LogP contribution in [0.4, 0.5) is 0 Å². The van der Waals surface area contributed by atoms with Crippen LogP contribution in [0.5, 0.6) is 0 Å². The number of hydrogen-bond acceptors (Lipinski definition) is 2. The molecule has 0 aromatic heterocycles. The monoisotopic (exact) mass is 224 g/mol. The van der Waals surface area contributed by atoms with Crippen LogP contribution in [0.2, 0.25) is 0 Å². The molecule has 1 heterocycles. The summed E-state index contributed by atoms with van der Waals surface area (Å²) >= 11 is 0. The molecule has 0 spiro atoms. The van der Waals surface area contributed by atoms with E-state index in [0.717, 1.165) is 17.9 Å². The molecule has 2 aliphatic rings. The smallest absolute Gasteiger partial charge is 0.00698 e. The Hall–Kier alpha value is -0.0800. The lowest BCUT2D eigenvalue weighted by Gasteiger charge is -2.32. The van der Waals surface area contributed by atoms with Crippen LogP contribution >= 0.6 is 0 Å². The van der Waals surface area contributed by atoms with E-state index in [-0.39, 0.29) is 0 Å². The van der Waals surface area contributed by atoms with E-state index in [1.165, 1.54) is 58.3 Å². The summed E-state index contributed by atoms with van der Waals surface area (Å²) in [4.78, 5) is 2.60. The molecule has 94 valence electrons. The molecular weight excluding hydrogens is 196 g/mol. The SMILES string of the molecule is CCN1CCCC(CNC2CCC(C)C2)C1. The Kier molecular flexibility index (Phi) is 4.66. The third kappa shape index (κ3) is 3.46. The minimum absolute atomic E-state index is 0.826. The van der Waals surface area contributed by atoms with Crippen molar-refractivity contribution in [3.05, 3.63) is 0 Å². The van der Waals surface area contributed by atoms with Gasteiger partial charge >= 0.3 is 0 Å². The zero-order valence-corrected chi connectivity index (χ0v) is 11.0. The molecule has 2 fully saturated rings. The maximum atomic E-state index is 3.80. The Balaban J connectivity index is 1.65. The molecule has 2 nitrogen and oxygen atoms in total. The van der Waals surface area contributed by atoms with E-state index in [9.17, 15) is 0 Å². The summed E-state index contributed by atoms with van der Waals surface area (Å²) in [7, 11) is 0. The van der Waals surface area contributed by atoms with Crippen LogP contribution in [0.3, 0.4) is 0 Å². The van der Waals surface area contributed by atoms with Crippen molar-refractivity contribution in [1.29, 1.82) is 0 Å². The Bertz CT molecular complexity index is 205. The molecule has 0 amide bonds. The van der Waals surface area contributed by atoms with Crippen molar-refractivity contribution >= 4 is 0 Å². The molecule has 1 N–H and O–H groups in total. The van der Waals surface area contributed by atoms with Gasteiger partial charge in [0.25, 0.3) is 0 Å². The van der Waals surface area contributed by atoms with Gasteiger partial charge in [-0.15, -0.1) is 0 Å². The number of nitrogens with zero attached hydrogens (tertiary/aromatic N) is 1. The van der Waals surface area contributed by atoms with Crippen LogP contribution in [0.15, 0.2) is 0 Å². The van der Waals surface area contributed by atoms with Gasteiger partial charge in [0.2, 0.25) is 0 Å². The summed E-state index contributed by atoms with van der Waals surface area (Å²) in [6.07, 6.45) is 7.09. The standard InChI is InChI=1S/C14H28N2/c1-3-16-8-4-5-13(11-16)10-15-14-7-6-12(2)9-14/h12-15H,3-11H2,1-2H3. The summed E-state index contributed by atoms with van der Waals surface area (Å²) < 4.78 is 0. The Morgan fingerprint density at radius 1 is 1.25 bits per heavy atom. The lowest BCUT2D eigenvalue weighted by Crippen LogP contribution is -2.41. The number of hydrogen-bond donors (Lipinski definition) is 1.